The number of amides is 2. The number of carbonyl (C=O) groups excluding carboxylic acids is 2. The molecular weight excluding hydrogens is 363 g/mol. The summed E-state index contributed by atoms with van der Waals surface area (Å²) < 4.78 is 0. The molecule has 7 heteroatoms. The maximum Gasteiger partial charge on any atom is 0.289 e. The Hall–Kier alpha value is -1.72. The van der Waals surface area contributed by atoms with E-state index in [9.17, 15) is 14.7 Å². The second-order valence-corrected chi connectivity index (χ2v) is 6.91. The van der Waals surface area contributed by atoms with Gasteiger partial charge in [-0.15, -0.1) is 0 Å². The molecule has 0 fully saturated rings. The lowest BCUT2D eigenvalue weighted by molar-refractivity contribution is -0.128. The van der Waals surface area contributed by atoms with Gasteiger partial charge < -0.3 is 15.3 Å². The zero-order valence-corrected chi connectivity index (χ0v) is 15.8. The second kappa shape index (κ2) is 8.59. The third-order valence-electron chi connectivity index (χ3n) is 4.30. The van der Waals surface area contributed by atoms with Crippen LogP contribution in [0, 0.1) is 0 Å². The molecule has 0 saturated heterocycles. The van der Waals surface area contributed by atoms with E-state index in [1.54, 1.807) is 13.1 Å². The molecule has 0 bridgehead atoms. The Morgan fingerprint density at radius 1 is 1.32 bits per heavy atom. The molecule has 25 heavy (non-hydrogen) atoms. The summed E-state index contributed by atoms with van der Waals surface area (Å²) in [4.78, 5) is 25.7. The summed E-state index contributed by atoms with van der Waals surface area (Å²) in [5.41, 5.74) is 1.20. The molecule has 2 amide bonds. The van der Waals surface area contributed by atoms with Crippen molar-refractivity contribution in [3.8, 4) is 0 Å². The van der Waals surface area contributed by atoms with E-state index < -0.39 is 11.7 Å². The maximum atomic E-state index is 12.4. The highest BCUT2D eigenvalue weighted by atomic mass is 35.5. The minimum Gasteiger partial charge on any atom is -0.503 e. The number of nitrogens with one attached hydrogen (secondary N) is 1. The molecule has 2 N–H and O–H groups in total. The van der Waals surface area contributed by atoms with Crippen molar-refractivity contribution in [2.24, 2.45) is 0 Å². The van der Waals surface area contributed by atoms with E-state index in [1.807, 2.05) is 19.1 Å². The average molecular weight is 385 g/mol. The molecule has 1 aliphatic heterocycles. The molecule has 1 heterocycles. The number of aliphatic hydroxyl groups is 1. The van der Waals surface area contributed by atoms with Crippen LogP contribution in [0.5, 0.6) is 0 Å². The molecule has 0 spiro atoms. The summed E-state index contributed by atoms with van der Waals surface area (Å²) in [6, 6.07) is 5.08. The predicted molar refractivity (Wildman–Crippen MR) is 98.9 cm³/mol. The number of nitrogens with zero attached hydrogens (tertiary/aromatic N) is 1. The number of carbonyl (C=O) groups is 2. The first kappa shape index (κ1) is 19.6. The van der Waals surface area contributed by atoms with Gasteiger partial charge in [-0.05, 0) is 37.0 Å². The minimum atomic E-state index is -0.501. The Morgan fingerprint density at radius 3 is 2.68 bits per heavy atom. The molecule has 136 valence electrons. The van der Waals surface area contributed by atoms with Crippen molar-refractivity contribution in [2.45, 2.75) is 38.6 Å². The third-order valence-corrected chi connectivity index (χ3v) is 5.04. The first-order chi connectivity index (χ1) is 11.9. The van der Waals surface area contributed by atoms with Gasteiger partial charge in [0.1, 0.15) is 0 Å². The van der Waals surface area contributed by atoms with Gasteiger partial charge in [0.15, 0.2) is 5.76 Å². The van der Waals surface area contributed by atoms with E-state index in [2.05, 4.69) is 5.32 Å². The Labute approximate surface area is 157 Å². The van der Waals surface area contributed by atoms with Gasteiger partial charge in [0, 0.05) is 13.6 Å². The molecule has 0 aromatic heterocycles. The van der Waals surface area contributed by atoms with Gasteiger partial charge in [-0.25, -0.2) is 0 Å². The van der Waals surface area contributed by atoms with Crippen molar-refractivity contribution in [3.05, 3.63) is 45.1 Å². The van der Waals surface area contributed by atoms with Crippen LogP contribution in [-0.2, 0) is 16.0 Å². The van der Waals surface area contributed by atoms with E-state index in [0.29, 0.717) is 29.4 Å². The number of hydrogen-bond acceptors (Lipinski definition) is 3. The van der Waals surface area contributed by atoms with Crippen LogP contribution < -0.4 is 5.32 Å². The Kier molecular flexibility index (Phi) is 6.73. The van der Waals surface area contributed by atoms with Gasteiger partial charge in [-0.1, -0.05) is 42.6 Å². The molecule has 1 aromatic rings. The lowest BCUT2D eigenvalue weighted by Crippen LogP contribution is -2.36. The van der Waals surface area contributed by atoms with Gasteiger partial charge in [-0.3, -0.25) is 9.59 Å². The molecule has 0 radical (unpaired) electrons. The largest absolute Gasteiger partial charge is 0.503 e. The fourth-order valence-corrected chi connectivity index (χ4v) is 3.25. The van der Waals surface area contributed by atoms with E-state index in [-0.39, 0.29) is 17.5 Å². The van der Waals surface area contributed by atoms with E-state index >= 15 is 0 Å². The van der Waals surface area contributed by atoms with E-state index in [1.165, 1.54) is 4.90 Å². The predicted octanol–water partition coefficient (Wildman–Crippen LogP) is 3.50. The molecule has 0 saturated carbocycles. The van der Waals surface area contributed by atoms with E-state index in [0.717, 1.165) is 18.4 Å². The summed E-state index contributed by atoms with van der Waals surface area (Å²) in [6.07, 6.45) is 2.89. The zero-order valence-electron chi connectivity index (χ0n) is 14.3. The van der Waals surface area contributed by atoms with Crippen LogP contribution >= 0.6 is 23.2 Å². The summed E-state index contributed by atoms with van der Waals surface area (Å²) >= 11 is 11.9. The molecule has 0 aliphatic carbocycles. The molecule has 2 rings (SSSR count). The number of hydrogen-bond donors (Lipinski definition) is 2. The van der Waals surface area contributed by atoms with Crippen LogP contribution in [0.2, 0.25) is 10.0 Å². The van der Waals surface area contributed by atoms with Gasteiger partial charge in [0.2, 0.25) is 0 Å². The quantitative estimate of drug-likeness (QED) is 0.706. The lowest BCUT2D eigenvalue weighted by atomic mass is 10.0. The van der Waals surface area contributed by atoms with Crippen LogP contribution in [0.4, 0.5) is 0 Å². The standard InChI is InChI=1S/C18H22Cl2N2O3/c1-3-5-14-15(16(23)18(25)22(14)2)17(24)21-9-4-6-11-7-8-12(19)13(20)10-11/h7-8,10,14,23H,3-6,9H2,1-2H3,(H,21,24). The Morgan fingerprint density at radius 2 is 2.04 bits per heavy atom. The highest BCUT2D eigenvalue weighted by Crippen LogP contribution is 2.26. The number of rotatable bonds is 7. The van der Waals surface area contributed by atoms with Crippen molar-refractivity contribution in [2.75, 3.05) is 13.6 Å². The third kappa shape index (κ3) is 4.47. The number of likely N-dealkylation sites (N-methyl/N-ethyl adjacent to an activating group) is 1. The SMILES string of the molecule is CCCC1C(C(=O)NCCCc2ccc(Cl)c(Cl)c2)=C(O)C(=O)N1C. The zero-order chi connectivity index (χ0) is 18.6. The summed E-state index contributed by atoms with van der Waals surface area (Å²) in [7, 11) is 1.60. The van der Waals surface area contributed by atoms with Crippen LogP contribution in [-0.4, -0.2) is 41.5 Å². The molecule has 1 atom stereocenters. The second-order valence-electron chi connectivity index (χ2n) is 6.09. The Balaban J connectivity index is 1.90. The van der Waals surface area contributed by atoms with Gasteiger partial charge in [-0.2, -0.15) is 0 Å². The number of aliphatic hydroxyl groups excluding tert-OH is 1. The van der Waals surface area contributed by atoms with Gasteiger partial charge in [0.25, 0.3) is 11.8 Å². The number of aryl methyl sites for hydroxylation is 1. The highest BCUT2D eigenvalue weighted by molar-refractivity contribution is 6.42. The van der Waals surface area contributed by atoms with Crippen molar-refractivity contribution in [3.63, 3.8) is 0 Å². The van der Waals surface area contributed by atoms with E-state index in [4.69, 9.17) is 23.2 Å². The average Bonchev–Trinajstić information content (AvgIpc) is 2.79. The van der Waals surface area contributed by atoms with Crippen LogP contribution in [0.25, 0.3) is 0 Å². The lowest BCUT2D eigenvalue weighted by Gasteiger charge is -2.21. The first-order valence-electron chi connectivity index (χ1n) is 8.29. The summed E-state index contributed by atoms with van der Waals surface area (Å²) in [5, 5.41) is 13.8. The maximum absolute atomic E-state index is 12.4. The summed E-state index contributed by atoms with van der Waals surface area (Å²) in [6.45, 7) is 2.41. The summed E-state index contributed by atoms with van der Waals surface area (Å²) in [5.74, 6) is -1.33. The Bertz CT molecular complexity index is 704. The first-order valence-corrected chi connectivity index (χ1v) is 9.04. The molecule has 5 nitrogen and oxygen atoms in total. The normalized spacial score (nSPS) is 17.4. The molecule has 1 unspecified atom stereocenters. The van der Waals surface area contributed by atoms with Gasteiger partial charge in [0.05, 0.1) is 21.7 Å². The van der Waals surface area contributed by atoms with Gasteiger partial charge >= 0.3 is 0 Å². The van der Waals surface area contributed by atoms with Crippen LogP contribution in [0.3, 0.4) is 0 Å². The fraction of sp³-hybridized carbons (Fsp3) is 0.444. The van der Waals surface area contributed by atoms with Crippen LogP contribution in [0.15, 0.2) is 29.5 Å². The highest BCUT2D eigenvalue weighted by Gasteiger charge is 2.39. The smallest absolute Gasteiger partial charge is 0.289 e. The van der Waals surface area contributed by atoms with Crippen molar-refractivity contribution < 1.29 is 14.7 Å². The topological polar surface area (TPSA) is 69.6 Å². The molecule has 1 aliphatic rings. The van der Waals surface area contributed by atoms with Crippen molar-refractivity contribution >= 4 is 35.0 Å². The fourth-order valence-electron chi connectivity index (χ4n) is 2.93. The van der Waals surface area contributed by atoms with Crippen LogP contribution in [0.1, 0.15) is 31.7 Å². The molecule has 1 aromatic carbocycles. The monoisotopic (exact) mass is 384 g/mol. The molecular formula is C18H22Cl2N2O3. The number of halogens is 2. The van der Waals surface area contributed by atoms with Crippen molar-refractivity contribution in [1.82, 2.24) is 10.2 Å². The van der Waals surface area contributed by atoms with Crippen molar-refractivity contribution in [1.29, 1.82) is 0 Å². The minimum absolute atomic E-state index is 0.170. The number of benzene rings is 1.